The van der Waals surface area contributed by atoms with E-state index in [1.54, 1.807) is 23.8 Å². The molecule has 8 nitrogen and oxygen atoms in total. The summed E-state index contributed by atoms with van der Waals surface area (Å²) in [6, 6.07) is 6.11. The molecule has 1 amide bonds. The maximum atomic E-state index is 15.1. The van der Waals surface area contributed by atoms with Crippen molar-refractivity contribution in [1.29, 1.82) is 0 Å². The molecule has 0 bridgehead atoms. The van der Waals surface area contributed by atoms with Gasteiger partial charge in [-0.15, -0.1) is 0 Å². The number of carboxylic acid groups (broad SMARTS) is 1. The lowest BCUT2D eigenvalue weighted by molar-refractivity contribution is -0.141. The lowest BCUT2D eigenvalue weighted by Gasteiger charge is -2.18. The maximum Gasteiger partial charge on any atom is 0.326 e. The molecule has 1 fully saturated rings. The van der Waals surface area contributed by atoms with Crippen molar-refractivity contribution in [1.82, 2.24) is 4.72 Å². The Labute approximate surface area is 160 Å². The van der Waals surface area contributed by atoms with E-state index >= 15 is 4.39 Å². The number of rotatable bonds is 6. The number of aliphatic carboxylic acids is 1. The van der Waals surface area contributed by atoms with E-state index in [0.717, 1.165) is 5.56 Å². The SMILES string of the molecule is C[C@@H](CCCc1ccc2cc(O)c(N3CC(=O)NS3(=O)=O)c(F)c2c1)C(=O)O. The van der Waals surface area contributed by atoms with Crippen LogP contribution in [-0.2, 0) is 26.2 Å². The predicted octanol–water partition coefficient (Wildman–Crippen LogP) is 1.91. The number of nitrogens with one attached hydrogen (secondary N) is 1. The topological polar surface area (TPSA) is 124 Å². The number of hydrogen-bond acceptors (Lipinski definition) is 5. The zero-order valence-electron chi connectivity index (χ0n) is 15.0. The molecule has 0 aromatic heterocycles. The van der Waals surface area contributed by atoms with E-state index in [4.69, 9.17) is 5.11 Å². The zero-order valence-corrected chi connectivity index (χ0v) is 15.8. The van der Waals surface area contributed by atoms with Crippen LogP contribution in [0, 0.1) is 11.7 Å². The zero-order chi connectivity index (χ0) is 20.6. The van der Waals surface area contributed by atoms with Gasteiger partial charge in [-0.3, -0.25) is 9.59 Å². The normalized spacial score (nSPS) is 16.9. The van der Waals surface area contributed by atoms with E-state index in [9.17, 15) is 23.1 Å². The molecule has 28 heavy (non-hydrogen) atoms. The molecule has 0 spiro atoms. The molecule has 2 aromatic carbocycles. The number of amides is 1. The van der Waals surface area contributed by atoms with Gasteiger partial charge in [-0.05, 0) is 42.3 Å². The first kappa shape index (κ1) is 19.9. The van der Waals surface area contributed by atoms with Crippen molar-refractivity contribution in [2.75, 3.05) is 10.8 Å². The standard InChI is InChI=1S/C18H19FN2O6S/c1-10(18(24)25)3-2-4-11-5-6-12-8-14(22)17(16(19)13(12)7-11)21-9-15(23)20-28(21,26)27/h5-8,10,22H,2-4,9H2,1H3,(H,20,23)(H,24,25)/t10-/m0/s1. The molecule has 150 valence electrons. The number of anilines is 1. The molecule has 0 radical (unpaired) electrons. The smallest absolute Gasteiger partial charge is 0.326 e. The van der Waals surface area contributed by atoms with Gasteiger partial charge in [-0.2, -0.15) is 8.42 Å². The van der Waals surface area contributed by atoms with Crippen molar-refractivity contribution in [2.24, 2.45) is 5.92 Å². The first-order valence-corrected chi connectivity index (χ1v) is 10.0. The third-order valence-electron chi connectivity index (χ3n) is 4.69. The second-order valence-electron chi connectivity index (χ2n) is 6.78. The lowest BCUT2D eigenvalue weighted by atomic mass is 9.98. The Balaban J connectivity index is 1.95. The molecule has 10 heteroatoms. The van der Waals surface area contributed by atoms with E-state index in [1.165, 1.54) is 12.1 Å². The molecule has 0 saturated carbocycles. The first-order valence-electron chi connectivity index (χ1n) is 8.60. The minimum atomic E-state index is -4.27. The molecule has 3 N–H and O–H groups in total. The monoisotopic (exact) mass is 410 g/mol. The maximum absolute atomic E-state index is 15.1. The summed E-state index contributed by atoms with van der Waals surface area (Å²) in [6.07, 6.45) is 1.58. The highest BCUT2D eigenvalue weighted by Crippen LogP contribution is 2.38. The molecule has 2 aromatic rings. The number of benzene rings is 2. The molecule has 0 unspecified atom stereocenters. The van der Waals surface area contributed by atoms with Crippen LogP contribution in [-0.4, -0.2) is 37.1 Å². The number of carbonyl (C=O) groups excluding carboxylic acids is 1. The summed E-state index contributed by atoms with van der Waals surface area (Å²) >= 11 is 0. The van der Waals surface area contributed by atoms with Gasteiger partial charge in [0, 0.05) is 5.39 Å². The fourth-order valence-electron chi connectivity index (χ4n) is 3.15. The Hall–Kier alpha value is -2.88. The second-order valence-corrected chi connectivity index (χ2v) is 8.38. The number of fused-ring (bicyclic) bond motifs is 1. The van der Waals surface area contributed by atoms with Crippen LogP contribution in [0.5, 0.6) is 5.75 Å². The van der Waals surface area contributed by atoms with Crippen LogP contribution >= 0.6 is 0 Å². The average molecular weight is 410 g/mol. The number of phenols is 1. The Morgan fingerprint density at radius 3 is 2.68 bits per heavy atom. The molecule has 0 aliphatic carbocycles. The molecule has 1 atom stereocenters. The van der Waals surface area contributed by atoms with Gasteiger partial charge in [0.15, 0.2) is 5.82 Å². The Morgan fingerprint density at radius 2 is 2.07 bits per heavy atom. The fraction of sp³-hybridized carbons (Fsp3) is 0.333. The quantitative estimate of drug-likeness (QED) is 0.668. The van der Waals surface area contributed by atoms with Crippen LogP contribution < -0.4 is 9.03 Å². The van der Waals surface area contributed by atoms with Gasteiger partial charge in [0.1, 0.15) is 18.0 Å². The van der Waals surface area contributed by atoms with Crippen LogP contribution in [0.2, 0.25) is 0 Å². The van der Waals surface area contributed by atoms with E-state index in [1.807, 2.05) is 0 Å². The van der Waals surface area contributed by atoms with Gasteiger partial charge < -0.3 is 10.2 Å². The minimum Gasteiger partial charge on any atom is -0.506 e. The number of carbonyl (C=O) groups is 2. The Kier molecular flexibility index (Phi) is 5.16. The number of halogens is 1. The van der Waals surface area contributed by atoms with E-state index in [-0.39, 0.29) is 5.39 Å². The third-order valence-corrected chi connectivity index (χ3v) is 6.07. The molecule has 1 aliphatic heterocycles. The summed E-state index contributed by atoms with van der Waals surface area (Å²) in [5.74, 6) is -3.71. The van der Waals surface area contributed by atoms with Crippen LogP contribution in [0.15, 0.2) is 24.3 Å². The van der Waals surface area contributed by atoms with Crippen molar-refractivity contribution < 1.29 is 32.6 Å². The summed E-state index contributed by atoms with van der Waals surface area (Å²) < 4.78 is 41.4. The van der Waals surface area contributed by atoms with Crippen LogP contribution in [0.3, 0.4) is 0 Å². The summed E-state index contributed by atoms with van der Waals surface area (Å²) in [7, 11) is -4.27. The highest BCUT2D eigenvalue weighted by Gasteiger charge is 2.37. The molecular weight excluding hydrogens is 391 g/mol. The molecule has 1 saturated heterocycles. The lowest BCUT2D eigenvalue weighted by Crippen LogP contribution is -2.30. The molecule has 3 rings (SSSR count). The first-order chi connectivity index (χ1) is 13.1. The summed E-state index contributed by atoms with van der Waals surface area (Å²) in [6.45, 7) is 0.994. The van der Waals surface area contributed by atoms with Crippen LogP contribution in [0.4, 0.5) is 10.1 Å². The fourth-order valence-corrected chi connectivity index (χ4v) is 4.31. The average Bonchev–Trinajstić information content (AvgIpc) is 2.87. The highest BCUT2D eigenvalue weighted by atomic mass is 32.2. The number of aromatic hydroxyl groups is 1. The number of carboxylic acids is 1. The summed E-state index contributed by atoms with van der Waals surface area (Å²) in [4.78, 5) is 22.3. The summed E-state index contributed by atoms with van der Waals surface area (Å²) in [5.41, 5.74) is 0.168. The summed E-state index contributed by atoms with van der Waals surface area (Å²) in [5, 5.41) is 19.5. The van der Waals surface area contributed by atoms with E-state index in [2.05, 4.69) is 0 Å². The number of aryl methyl sites for hydroxylation is 1. The molecule has 1 heterocycles. The van der Waals surface area contributed by atoms with Crippen molar-refractivity contribution >= 4 is 38.5 Å². The number of nitrogens with zero attached hydrogens (tertiary/aromatic N) is 1. The number of phenolic OH excluding ortho intramolecular Hbond substituents is 1. The van der Waals surface area contributed by atoms with Crippen molar-refractivity contribution in [3.05, 3.63) is 35.6 Å². The van der Waals surface area contributed by atoms with Gasteiger partial charge in [-0.25, -0.2) is 13.4 Å². The Morgan fingerprint density at radius 1 is 1.36 bits per heavy atom. The van der Waals surface area contributed by atoms with E-state index < -0.39 is 51.8 Å². The van der Waals surface area contributed by atoms with E-state index in [0.29, 0.717) is 29.0 Å². The van der Waals surface area contributed by atoms with Gasteiger partial charge >= 0.3 is 16.2 Å². The predicted molar refractivity (Wildman–Crippen MR) is 99.7 cm³/mol. The van der Waals surface area contributed by atoms with Gasteiger partial charge in [0.25, 0.3) is 5.91 Å². The van der Waals surface area contributed by atoms with Gasteiger partial charge in [-0.1, -0.05) is 19.1 Å². The molecule has 1 aliphatic rings. The van der Waals surface area contributed by atoms with Crippen LogP contribution in [0.25, 0.3) is 10.8 Å². The largest absolute Gasteiger partial charge is 0.506 e. The van der Waals surface area contributed by atoms with Gasteiger partial charge in [0.2, 0.25) is 0 Å². The van der Waals surface area contributed by atoms with Crippen molar-refractivity contribution in [3.63, 3.8) is 0 Å². The highest BCUT2D eigenvalue weighted by molar-refractivity contribution is 7.92. The second kappa shape index (κ2) is 7.27. The van der Waals surface area contributed by atoms with Crippen molar-refractivity contribution in [2.45, 2.75) is 26.2 Å². The van der Waals surface area contributed by atoms with Crippen LogP contribution in [0.1, 0.15) is 25.3 Å². The van der Waals surface area contributed by atoms with Gasteiger partial charge in [0.05, 0.1) is 5.92 Å². The third kappa shape index (κ3) is 3.72. The number of hydrogen-bond donors (Lipinski definition) is 3. The molecular formula is C18H19FN2O6S. The van der Waals surface area contributed by atoms with Crippen molar-refractivity contribution in [3.8, 4) is 5.75 Å². The Bertz CT molecular complexity index is 1070. The minimum absolute atomic E-state index is 0.103.